The molecule has 0 radical (unpaired) electrons. The second-order valence-electron chi connectivity index (χ2n) is 6.22. The Morgan fingerprint density at radius 3 is 2.48 bits per heavy atom. The van der Waals surface area contributed by atoms with Gasteiger partial charge in [-0.3, -0.25) is 9.59 Å². The number of benzene rings is 2. The van der Waals surface area contributed by atoms with Crippen molar-refractivity contribution in [3.8, 4) is 5.75 Å². The zero-order valence-electron chi connectivity index (χ0n) is 14.3. The maximum atomic E-state index is 12.2. The molecular weight excluding hydrogens is 338 g/mol. The lowest BCUT2D eigenvalue weighted by molar-refractivity contribution is -0.114. The summed E-state index contributed by atoms with van der Waals surface area (Å²) in [6, 6.07) is 11.0. The number of unbranched alkanes of at least 4 members (excludes halogenated alkanes) is 1. The minimum atomic E-state index is -0.482. The van der Waals surface area contributed by atoms with Crippen molar-refractivity contribution in [1.82, 2.24) is 0 Å². The van der Waals surface area contributed by atoms with E-state index in [1.165, 1.54) is 4.90 Å². The normalized spacial score (nSPS) is 13.3. The number of Topliss-reactive ketones (excluding diaryl/α,β-unsaturated/α-hetero) is 1. The van der Waals surface area contributed by atoms with E-state index in [-0.39, 0.29) is 0 Å². The van der Waals surface area contributed by atoms with E-state index in [4.69, 9.17) is 16.3 Å². The minimum Gasteiger partial charge on any atom is -0.493 e. The number of fused-ring (bicyclic) bond motifs is 1. The summed E-state index contributed by atoms with van der Waals surface area (Å²) >= 11 is 5.91. The molecule has 1 aliphatic rings. The third-order valence-electron chi connectivity index (χ3n) is 4.36. The van der Waals surface area contributed by atoms with Gasteiger partial charge in [-0.15, -0.1) is 0 Å². The van der Waals surface area contributed by atoms with E-state index in [9.17, 15) is 9.59 Å². The number of nitrogens with zero attached hydrogens (tertiary/aromatic N) is 1. The molecule has 25 heavy (non-hydrogen) atoms. The molecule has 1 aliphatic heterocycles. The van der Waals surface area contributed by atoms with Gasteiger partial charge in [0.25, 0.3) is 11.7 Å². The van der Waals surface area contributed by atoms with Gasteiger partial charge in [0.1, 0.15) is 5.75 Å². The molecule has 4 nitrogen and oxygen atoms in total. The lowest BCUT2D eigenvalue weighted by Crippen LogP contribution is -2.30. The molecule has 1 heterocycles. The molecule has 0 unspecified atom stereocenters. The highest BCUT2D eigenvalue weighted by Gasteiger charge is 2.35. The number of carbonyl (C=O) groups excluding carboxylic acids is 2. The largest absolute Gasteiger partial charge is 0.493 e. The van der Waals surface area contributed by atoms with E-state index in [0.717, 1.165) is 29.7 Å². The first-order valence-corrected chi connectivity index (χ1v) is 8.71. The maximum absolute atomic E-state index is 12.2. The summed E-state index contributed by atoms with van der Waals surface area (Å²) in [5, 5.41) is 0.462. The summed E-state index contributed by atoms with van der Waals surface area (Å²) in [5.41, 5.74) is 3.27. The molecule has 3 rings (SSSR count). The van der Waals surface area contributed by atoms with Crippen molar-refractivity contribution in [2.75, 3.05) is 18.1 Å². The molecule has 0 saturated heterocycles. The van der Waals surface area contributed by atoms with Gasteiger partial charge in [0.2, 0.25) is 0 Å². The van der Waals surface area contributed by atoms with E-state index < -0.39 is 11.7 Å². The minimum absolute atomic E-state index is 0.393. The molecule has 5 heteroatoms. The fraction of sp³-hybridized carbons (Fsp3) is 0.300. The number of ketones is 1. The average Bonchev–Trinajstić information content (AvgIpc) is 2.81. The van der Waals surface area contributed by atoms with Crippen LogP contribution in [0.4, 0.5) is 5.69 Å². The van der Waals surface area contributed by atoms with Gasteiger partial charge in [-0.1, -0.05) is 29.8 Å². The summed E-state index contributed by atoms with van der Waals surface area (Å²) in [6.07, 6.45) is 1.56. The van der Waals surface area contributed by atoms with Crippen molar-refractivity contribution in [2.45, 2.75) is 26.7 Å². The van der Waals surface area contributed by atoms with Crippen LogP contribution >= 0.6 is 11.6 Å². The Labute approximate surface area is 152 Å². The van der Waals surface area contributed by atoms with Crippen LogP contribution in [0.5, 0.6) is 5.75 Å². The molecule has 0 aromatic heterocycles. The van der Waals surface area contributed by atoms with E-state index in [2.05, 4.69) is 0 Å². The van der Waals surface area contributed by atoms with Crippen molar-refractivity contribution < 1.29 is 14.3 Å². The van der Waals surface area contributed by atoms with Gasteiger partial charge in [0.05, 0.1) is 17.9 Å². The smallest absolute Gasteiger partial charge is 0.299 e. The number of hydrogen-bond donors (Lipinski definition) is 0. The summed E-state index contributed by atoms with van der Waals surface area (Å²) in [5.74, 6) is -0.0351. The van der Waals surface area contributed by atoms with Crippen LogP contribution in [0, 0.1) is 13.8 Å². The molecule has 0 spiro atoms. The van der Waals surface area contributed by atoms with Crippen molar-refractivity contribution in [3.63, 3.8) is 0 Å². The van der Waals surface area contributed by atoms with Gasteiger partial charge in [0, 0.05) is 11.6 Å². The number of para-hydroxylation sites is 1. The highest BCUT2D eigenvalue weighted by Crippen LogP contribution is 2.31. The molecule has 130 valence electrons. The highest BCUT2D eigenvalue weighted by atomic mass is 35.5. The Morgan fingerprint density at radius 2 is 1.76 bits per heavy atom. The van der Waals surface area contributed by atoms with Gasteiger partial charge in [0.15, 0.2) is 0 Å². The van der Waals surface area contributed by atoms with Crippen LogP contribution in [0.1, 0.15) is 34.3 Å². The second-order valence-corrected chi connectivity index (χ2v) is 6.66. The van der Waals surface area contributed by atoms with Gasteiger partial charge in [-0.05, 0) is 56.0 Å². The van der Waals surface area contributed by atoms with E-state index >= 15 is 0 Å². The quantitative estimate of drug-likeness (QED) is 0.570. The van der Waals surface area contributed by atoms with Crippen LogP contribution in [0.15, 0.2) is 36.4 Å². The first-order valence-electron chi connectivity index (χ1n) is 8.34. The molecule has 0 bridgehead atoms. The van der Waals surface area contributed by atoms with E-state index in [1.54, 1.807) is 18.2 Å². The average molecular weight is 358 g/mol. The number of rotatable bonds is 6. The molecular formula is C20H20ClNO3. The summed E-state index contributed by atoms with van der Waals surface area (Å²) < 4.78 is 5.88. The third kappa shape index (κ3) is 3.54. The standard InChI is InChI=1S/C20H20ClNO3/c1-13-6-5-7-14(2)19(13)25-11-4-3-10-22-17-9-8-15(21)12-16(17)18(23)20(22)24/h5-9,12H,3-4,10-11H2,1-2H3. The predicted octanol–water partition coefficient (Wildman–Crippen LogP) is 4.35. The van der Waals surface area contributed by atoms with Crippen LogP contribution in [0.3, 0.4) is 0 Å². The number of amides is 1. The summed E-state index contributed by atoms with van der Waals surface area (Å²) in [4.78, 5) is 25.7. The Balaban J connectivity index is 1.55. The topological polar surface area (TPSA) is 46.6 Å². The SMILES string of the molecule is Cc1cccc(C)c1OCCCCN1C(=O)C(=O)c2cc(Cl)ccc21. The molecule has 1 amide bonds. The fourth-order valence-electron chi connectivity index (χ4n) is 3.07. The monoisotopic (exact) mass is 357 g/mol. The number of anilines is 1. The molecule has 0 atom stereocenters. The van der Waals surface area contributed by atoms with Gasteiger partial charge < -0.3 is 9.64 Å². The van der Waals surface area contributed by atoms with E-state index in [0.29, 0.717) is 29.4 Å². The van der Waals surface area contributed by atoms with Crippen LogP contribution in [0.2, 0.25) is 5.02 Å². The molecule has 0 aliphatic carbocycles. The van der Waals surface area contributed by atoms with Gasteiger partial charge in [-0.2, -0.15) is 0 Å². The Bertz CT molecular complexity index is 811. The molecule has 2 aromatic rings. The number of carbonyl (C=O) groups is 2. The molecule has 2 aromatic carbocycles. The summed E-state index contributed by atoms with van der Waals surface area (Å²) in [7, 11) is 0. The lowest BCUT2D eigenvalue weighted by Gasteiger charge is -2.17. The Morgan fingerprint density at radius 1 is 1.04 bits per heavy atom. The Hall–Kier alpha value is -2.33. The maximum Gasteiger partial charge on any atom is 0.299 e. The molecule has 0 fully saturated rings. The van der Waals surface area contributed by atoms with Crippen molar-refractivity contribution in [2.24, 2.45) is 0 Å². The van der Waals surface area contributed by atoms with Crippen LogP contribution < -0.4 is 9.64 Å². The number of hydrogen-bond acceptors (Lipinski definition) is 3. The number of halogens is 1. The predicted molar refractivity (Wildman–Crippen MR) is 98.8 cm³/mol. The zero-order valence-corrected chi connectivity index (χ0v) is 15.1. The van der Waals surface area contributed by atoms with E-state index in [1.807, 2.05) is 32.0 Å². The van der Waals surface area contributed by atoms with Crippen molar-refractivity contribution >= 4 is 29.0 Å². The van der Waals surface area contributed by atoms with Crippen LogP contribution in [-0.2, 0) is 4.79 Å². The fourth-order valence-corrected chi connectivity index (χ4v) is 3.24. The number of aryl methyl sites for hydroxylation is 2. The third-order valence-corrected chi connectivity index (χ3v) is 4.60. The lowest BCUT2D eigenvalue weighted by atomic mass is 10.1. The van der Waals surface area contributed by atoms with Crippen molar-refractivity contribution in [3.05, 3.63) is 58.1 Å². The van der Waals surface area contributed by atoms with Gasteiger partial charge in [-0.25, -0.2) is 0 Å². The van der Waals surface area contributed by atoms with Crippen LogP contribution in [-0.4, -0.2) is 24.8 Å². The second kappa shape index (κ2) is 7.28. The zero-order chi connectivity index (χ0) is 18.0. The molecule has 0 saturated carbocycles. The highest BCUT2D eigenvalue weighted by molar-refractivity contribution is 6.52. The first kappa shape index (κ1) is 17.5. The Kier molecular flexibility index (Phi) is 5.09. The summed E-state index contributed by atoms with van der Waals surface area (Å²) in [6.45, 7) is 5.13. The van der Waals surface area contributed by atoms with Crippen LogP contribution in [0.25, 0.3) is 0 Å². The van der Waals surface area contributed by atoms with Gasteiger partial charge >= 0.3 is 0 Å². The number of ether oxygens (including phenoxy) is 1. The molecule has 0 N–H and O–H groups in total. The van der Waals surface area contributed by atoms with Crippen molar-refractivity contribution in [1.29, 1.82) is 0 Å². The first-order chi connectivity index (χ1) is 12.0.